The van der Waals surface area contributed by atoms with Crippen LogP contribution in [0.25, 0.3) is 0 Å². The second-order valence-corrected chi connectivity index (χ2v) is 7.30. The second kappa shape index (κ2) is 7.56. The van der Waals surface area contributed by atoms with Gasteiger partial charge in [0.1, 0.15) is 0 Å². The van der Waals surface area contributed by atoms with E-state index in [0.717, 1.165) is 31.2 Å². The standard InChI is InChI=1S/C19H25F3N2O2/c20-19(21,22)13-23-12-17(25)24-11-10-18(26,14-6-2-1-3-7-14)15-8-4-5-9-16(15)24/h1-3,6-7,15-16,23,26H,4-5,8-13H2/t15-,16+,18-/m0/s1. The van der Waals surface area contributed by atoms with Gasteiger partial charge in [0.15, 0.2) is 0 Å². The Morgan fingerprint density at radius 3 is 2.62 bits per heavy atom. The normalized spacial score (nSPS) is 29.3. The number of amides is 1. The van der Waals surface area contributed by atoms with E-state index >= 15 is 0 Å². The number of nitrogens with one attached hydrogen (secondary N) is 1. The number of hydrogen-bond acceptors (Lipinski definition) is 3. The Bertz CT molecular complexity index is 623. The number of likely N-dealkylation sites (tertiary alicyclic amines) is 1. The average molecular weight is 370 g/mol. The summed E-state index contributed by atoms with van der Waals surface area (Å²) in [4.78, 5) is 14.2. The number of carbonyl (C=O) groups is 1. The van der Waals surface area contributed by atoms with Crippen LogP contribution in [0.1, 0.15) is 37.7 Å². The molecule has 2 N–H and O–H groups in total. The van der Waals surface area contributed by atoms with Gasteiger partial charge in [-0.1, -0.05) is 43.2 Å². The molecule has 1 aromatic rings. The molecule has 1 amide bonds. The van der Waals surface area contributed by atoms with Crippen LogP contribution in [-0.2, 0) is 10.4 Å². The first-order chi connectivity index (χ1) is 12.3. The van der Waals surface area contributed by atoms with E-state index in [9.17, 15) is 23.1 Å². The predicted molar refractivity (Wildman–Crippen MR) is 91.3 cm³/mol. The Kier molecular flexibility index (Phi) is 5.58. The van der Waals surface area contributed by atoms with Crippen LogP contribution in [0.5, 0.6) is 0 Å². The van der Waals surface area contributed by atoms with Crippen molar-refractivity contribution in [2.75, 3.05) is 19.6 Å². The first kappa shape index (κ1) is 19.2. The minimum Gasteiger partial charge on any atom is -0.385 e. The van der Waals surface area contributed by atoms with Crippen molar-refractivity contribution in [2.24, 2.45) is 5.92 Å². The lowest BCUT2D eigenvalue weighted by Crippen LogP contribution is -2.60. The summed E-state index contributed by atoms with van der Waals surface area (Å²) >= 11 is 0. The van der Waals surface area contributed by atoms with Gasteiger partial charge in [0.25, 0.3) is 0 Å². The molecule has 2 aliphatic rings. The summed E-state index contributed by atoms with van der Waals surface area (Å²) in [6, 6.07) is 9.38. The van der Waals surface area contributed by atoms with E-state index in [-0.39, 0.29) is 24.4 Å². The molecule has 0 aromatic heterocycles. The van der Waals surface area contributed by atoms with Gasteiger partial charge in [-0.3, -0.25) is 4.79 Å². The molecule has 4 nitrogen and oxygen atoms in total. The monoisotopic (exact) mass is 370 g/mol. The second-order valence-electron chi connectivity index (χ2n) is 7.30. The zero-order chi connectivity index (χ0) is 18.8. The molecule has 0 bridgehead atoms. The lowest BCUT2D eigenvalue weighted by molar-refractivity contribution is -0.155. The van der Waals surface area contributed by atoms with Crippen LogP contribution in [-0.4, -0.2) is 47.8 Å². The molecule has 0 unspecified atom stereocenters. The van der Waals surface area contributed by atoms with Gasteiger partial charge in [-0.2, -0.15) is 13.2 Å². The van der Waals surface area contributed by atoms with E-state index in [0.29, 0.717) is 13.0 Å². The topological polar surface area (TPSA) is 52.6 Å². The summed E-state index contributed by atoms with van der Waals surface area (Å²) < 4.78 is 36.9. The van der Waals surface area contributed by atoms with Gasteiger partial charge in [-0.05, 0) is 24.8 Å². The molecule has 144 valence electrons. The molecule has 0 spiro atoms. The highest BCUT2D eigenvalue weighted by Gasteiger charge is 2.50. The van der Waals surface area contributed by atoms with Crippen molar-refractivity contribution in [1.82, 2.24) is 10.2 Å². The summed E-state index contributed by atoms with van der Waals surface area (Å²) in [6.45, 7) is -1.14. The molecule has 3 rings (SSSR count). The van der Waals surface area contributed by atoms with E-state index in [4.69, 9.17) is 0 Å². The van der Waals surface area contributed by atoms with E-state index in [1.165, 1.54) is 0 Å². The highest BCUT2D eigenvalue weighted by molar-refractivity contribution is 5.78. The third kappa shape index (κ3) is 4.04. The number of benzene rings is 1. The van der Waals surface area contributed by atoms with E-state index in [1.807, 2.05) is 30.3 Å². The highest BCUT2D eigenvalue weighted by Crippen LogP contribution is 2.46. The molecule has 26 heavy (non-hydrogen) atoms. The minimum atomic E-state index is -4.33. The molecule has 2 fully saturated rings. The quantitative estimate of drug-likeness (QED) is 0.857. The molecule has 7 heteroatoms. The van der Waals surface area contributed by atoms with Crippen LogP contribution in [0.3, 0.4) is 0 Å². The third-order valence-corrected chi connectivity index (χ3v) is 5.67. The van der Waals surface area contributed by atoms with Gasteiger partial charge >= 0.3 is 6.18 Å². The maximum Gasteiger partial charge on any atom is 0.401 e. The molecular weight excluding hydrogens is 345 g/mol. The minimum absolute atomic E-state index is 0.0843. The predicted octanol–water partition coefficient (Wildman–Crippen LogP) is 2.82. The number of alkyl halides is 3. The fraction of sp³-hybridized carbons (Fsp3) is 0.632. The van der Waals surface area contributed by atoms with E-state index in [2.05, 4.69) is 5.32 Å². The van der Waals surface area contributed by atoms with Gasteiger partial charge in [-0.25, -0.2) is 0 Å². The molecule has 0 radical (unpaired) electrons. The first-order valence-electron chi connectivity index (χ1n) is 9.16. The number of halogens is 3. The number of fused-ring (bicyclic) bond motifs is 1. The fourth-order valence-electron chi connectivity index (χ4n) is 4.49. The van der Waals surface area contributed by atoms with Gasteiger partial charge in [-0.15, -0.1) is 0 Å². The zero-order valence-corrected chi connectivity index (χ0v) is 14.6. The van der Waals surface area contributed by atoms with Crippen LogP contribution in [0.4, 0.5) is 13.2 Å². The summed E-state index contributed by atoms with van der Waals surface area (Å²) in [5, 5.41) is 13.6. The van der Waals surface area contributed by atoms with Crippen molar-refractivity contribution >= 4 is 5.91 Å². The number of nitrogens with zero attached hydrogens (tertiary/aromatic N) is 1. The molecular formula is C19H25F3N2O2. The Morgan fingerprint density at radius 2 is 1.92 bits per heavy atom. The molecule has 1 saturated heterocycles. The lowest BCUT2D eigenvalue weighted by Gasteiger charge is -2.52. The van der Waals surface area contributed by atoms with E-state index < -0.39 is 18.3 Å². The Labute approximate surface area is 151 Å². The molecule has 3 atom stereocenters. The molecule has 1 aliphatic carbocycles. The van der Waals surface area contributed by atoms with Crippen molar-refractivity contribution in [1.29, 1.82) is 0 Å². The van der Waals surface area contributed by atoms with Crippen LogP contribution < -0.4 is 5.32 Å². The van der Waals surface area contributed by atoms with Crippen molar-refractivity contribution in [3.8, 4) is 0 Å². The highest BCUT2D eigenvalue weighted by atomic mass is 19.4. The number of piperidine rings is 1. The smallest absolute Gasteiger partial charge is 0.385 e. The number of aliphatic hydroxyl groups is 1. The molecule has 1 heterocycles. The van der Waals surface area contributed by atoms with Gasteiger partial charge in [0.2, 0.25) is 5.91 Å². The first-order valence-corrected chi connectivity index (χ1v) is 9.16. The summed E-state index contributed by atoms with van der Waals surface area (Å²) in [6.07, 6.45) is -0.372. The Balaban J connectivity index is 1.73. The van der Waals surface area contributed by atoms with E-state index in [1.54, 1.807) is 4.90 Å². The third-order valence-electron chi connectivity index (χ3n) is 5.67. The SMILES string of the molecule is O=C(CNCC(F)(F)F)N1CC[C@](O)(c2ccccc2)[C@H]2CCCC[C@H]21. The Morgan fingerprint density at radius 1 is 1.23 bits per heavy atom. The molecule has 1 saturated carbocycles. The van der Waals surface area contributed by atoms with Gasteiger partial charge in [0.05, 0.1) is 18.7 Å². The molecule has 1 aliphatic heterocycles. The Hall–Kier alpha value is -1.60. The average Bonchev–Trinajstić information content (AvgIpc) is 2.62. The van der Waals surface area contributed by atoms with Crippen molar-refractivity contribution in [3.05, 3.63) is 35.9 Å². The van der Waals surface area contributed by atoms with Crippen molar-refractivity contribution in [3.63, 3.8) is 0 Å². The summed E-state index contributed by atoms with van der Waals surface area (Å²) in [5.41, 5.74) is -0.123. The van der Waals surface area contributed by atoms with Gasteiger partial charge < -0.3 is 15.3 Å². The maximum atomic E-state index is 12.5. The van der Waals surface area contributed by atoms with Crippen molar-refractivity contribution < 1.29 is 23.1 Å². The number of hydrogen-bond donors (Lipinski definition) is 2. The maximum absolute atomic E-state index is 12.5. The largest absolute Gasteiger partial charge is 0.401 e. The summed E-state index contributed by atoms with van der Waals surface area (Å²) in [7, 11) is 0. The van der Waals surface area contributed by atoms with Crippen LogP contribution in [0, 0.1) is 5.92 Å². The number of rotatable bonds is 4. The fourth-order valence-corrected chi connectivity index (χ4v) is 4.49. The molecule has 1 aromatic carbocycles. The van der Waals surface area contributed by atoms with Crippen LogP contribution >= 0.6 is 0 Å². The summed E-state index contributed by atoms with van der Waals surface area (Å²) in [5.74, 6) is -0.403. The van der Waals surface area contributed by atoms with Crippen LogP contribution in [0.2, 0.25) is 0 Å². The lowest BCUT2D eigenvalue weighted by atomic mass is 9.66. The van der Waals surface area contributed by atoms with Gasteiger partial charge in [0, 0.05) is 18.5 Å². The van der Waals surface area contributed by atoms with Crippen molar-refractivity contribution in [2.45, 2.75) is 49.9 Å². The number of carbonyl (C=O) groups excluding carboxylic acids is 1. The zero-order valence-electron chi connectivity index (χ0n) is 14.6. The van der Waals surface area contributed by atoms with Crippen LogP contribution in [0.15, 0.2) is 30.3 Å².